The van der Waals surface area contributed by atoms with Crippen molar-refractivity contribution in [3.05, 3.63) is 114 Å². The van der Waals surface area contributed by atoms with Gasteiger partial charge < -0.3 is 14.4 Å². The van der Waals surface area contributed by atoms with E-state index in [0.29, 0.717) is 0 Å². The fourth-order valence-corrected chi connectivity index (χ4v) is 6.13. The molecule has 0 spiro atoms. The van der Waals surface area contributed by atoms with Gasteiger partial charge in [0.05, 0.1) is 15.3 Å². The second-order valence-electron chi connectivity index (χ2n) is 13.0. The second kappa shape index (κ2) is 12.7. The average Bonchev–Trinajstić information content (AvgIpc) is 3.60. The molecule has 0 aliphatic heterocycles. The van der Waals surface area contributed by atoms with Gasteiger partial charge in [-0.25, -0.2) is 4.98 Å². The van der Waals surface area contributed by atoms with Crippen LogP contribution in [0, 0.1) is 17.5 Å². The summed E-state index contributed by atoms with van der Waals surface area (Å²) >= 11 is 1.75. The molecule has 0 saturated carbocycles. The molecule has 3 aromatic carbocycles. The van der Waals surface area contributed by atoms with Gasteiger partial charge in [0, 0.05) is 43.3 Å². The Balaban J connectivity index is 0.000000248. The molecule has 0 amide bonds. The van der Waals surface area contributed by atoms with E-state index in [-0.39, 0.29) is 30.9 Å². The monoisotopic (exact) mass is 774 g/mol. The van der Waals surface area contributed by atoms with Gasteiger partial charge in [-0.1, -0.05) is 82.3 Å². The van der Waals surface area contributed by atoms with Crippen LogP contribution in [-0.2, 0) is 31.9 Å². The summed E-state index contributed by atoms with van der Waals surface area (Å²) in [5, 5.41) is 3.30. The Hall–Kier alpha value is -3.70. The number of hydrogen-bond acceptors (Lipinski definition) is 5. The first-order chi connectivity index (χ1) is 20.6. The van der Waals surface area contributed by atoms with E-state index in [1.54, 1.807) is 17.5 Å². The van der Waals surface area contributed by atoms with Gasteiger partial charge in [-0.15, -0.1) is 65.4 Å². The molecular formula is C38H35IrN3OS-2. The molecule has 7 rings (SSSR count). The van der Waals surface area contributed by atoms with E-state index in [4.69, 9.17) is 9.40 Å². The third-order valence-electron chi connectivity index (χ3n) is 7.06. The number of furan rings is 1. The van der Waals surface area contributed by atoms with Crippen molar-refractivity contribution in [3.8, 4) is 22.5 Å². The van der Waals surface area contributed by atoms with Crippen molar-refractivity contribution in [2.45, 2.75) is 53.4 Å². The summed E-state index contributed by atoms with van der Waals surface area (Å²) in [4.78, 5) is 13.8. The van der Waals surface area contributed by atoms with E-state index in [1.807, 2.05) is 54.7 Å². The number of aromatic nitrogens is 3. The normalized spacial score (nSPS) is 11.8. The Morgan fingerprint density at radius 1 is 0.750 bits per heavy atom. The Bertz CT molecular complexity index is 1980. The van der Waals surface area contributed by atoms with Gasteiger partial charge in [0.15, 0.2) is 0 Å². The minimum Gasteiger partial charge on any atom is -0.498 e. The fourth-order valence-electron chi connectivity index (χ4n) is 5.11. The number of rotatable bonds is 3. The number of nitrogens with zero attached hydrogens (tertiary/aromatic N) is 3. The molecule has 4 heterocycles. The molecule has 1 radical (unpaired) electrons. The zero-order valence-electron chi connectivity index (χ0n) is 25.9. The quantitative estimate of drug-likeness (QED) is 0.168. The zero-order chi connectivity index (χ0) is 30.2. The molecule has 6 heteroatoms. The summed E-state index contributed by atoms with van der Waals surface area (Å²) in [5.41, 5.74) is 7.95. The molecule has 4 nitrogen and oxygen atoms in total. The molecule has 0 N–H and O–H groups in total. The topological polar surface area (TPSA) is 51.8 Å². The summed E-state index contributed by atoms with van der Waals surface area (Å²) in [6.45, 7) is 13.4. The van der Waals surface area contributed by atoms with Gasteiger partial charge >= 0.3 is 0 Å². The number of pyridine rings is 2. The maximum atomic E-state index is 6.49. The van der Waals surface area contributed by atoms with Crippen molar-refractivity contribution in [2.24, 2.45) is 5.41 Å². The van der Waals surface area contributed by atoms with Gasteiger partial charge in [0.2, 0.25) is 0 Å². The van der Waals surface area contributed by atoms with E-state index < -0.39 is 0 Å². The molecule has 7 aromatic rings. The number of hydrogen-bond donors (Lipinski definition) is 0. The predicted molar refractivity (Wildman–Crippen MR) is 179 cm³/mol. The largest absolute Gasteiger partial charge is 0.498 e. The Labute approximate surface area is 277 Å². The Morgan fingerprint density at radius 3 is 2.23 bits per heavy atom. The van der Waals surface area contributed by atoms with Gasteiger partial charge in [0.25, 0.3) is 0 Å². The standard InChI is InChI=1S/C27H27N2OS.C11H8N.Ir/c1-26(2,3)15-16-12-13-28-20(14-16)19-9-7-8-17-18-10-11-21-22(24(18)30-23(17)19)29-25(31-21)27(4,5)6;1-2-6-10(7-3-1)11-8-4-5-9-12-11;/h7-8,10-14H,15H2,1-6H3;1-6,8-9H;/q2*-1;. The molecule has 4 aromatic heterocycles. The Kier molecular flexibility index (Phi) is 9.17. The van der Waals surface area contributed by atoms with E-state index >= 15 is 0 Å². The van der Waals surface area contributed by atoms with Gasteiger partial charge in [-0.2, -0.15) is 0 Å². The molecule has 0 bridgehead atoms. The first-order valence-corrected chi connectivity index (χ1v) is 15.4. The summed E-state index contributed by atoms with van der Waals surface area (Å²) < 4.78 is 7.65. The van der Waals surface area contributed by atoms with Crippen LogP contribution in [0.1, 0.15) is 52.1 Å². The van der Waals surface area contributed by atoms with Crippen molar-refractivity contribution >= 4 is 43.5 Å². The first kappa shape index (κ1) is 31.7. The summed E-state index contributed by atoms with van der Waals surface area (Å²) in [5.74, 6) is 0. The molecule has 0 unspecified atom stereocenters. The van der Waals surface area contributed by atoms with Crippen LogP contribution in [0.2, 0.25) is 0 Å². The molecular weight excluding hydrogens is 739 g/mol. The number of benzene rings is 3. The van der Waals surface area contributed by atoms with Crippen LogP contribution < -0.4 is 0 Å². The molecule has 0 aliphatic carbocycles. The SMILES string of the molecule is CC(C)(C)Cc1ccnc(-c2[c-]ccc3c2oc2c3ccc3sc(C(C)(C)C)nc32)c1.[Ir].[c-]1ccccc1-c1ccccn1. The average molecular weight is 774 g/mol. The van der Waals surface area contributed by atoms with Crippen molar-refractivity contribution in [1.29, 1.82) is 0 Å². The molecule has 0 saturated heterocycles. The molecule has 44 heavy (non-hydrogen) atoms. The van der Waals surface area contributed by atoms with Crippen LogP contribution in [0.3, 0.4) is 0 Å². The summed E-state index contributed by atoms with van der Waals surface area (Å²) in [6, 6.07) is 32.8. The molecule has 0 atom stereocenters. The first-order valence-electron chi connectivity index (χ1n) is 14.6. The van der Waals surface area contributed by atoms with Crippen LogP contribution in [0.5, 0.6) is 0 Å². The zero-order valence-corrected chi connectivity index (χ0v) is 29.1. The smallest absolute Gasteiger partial charge is 0.148 e. The maximum Gasteiger partial charge on any atom is 0.148 e. The third-order valence-corrected chi connectivity index (χ3v) is 8.51. The van der Waals surface area contributed by atoms with E-state index in [0.717, 1.165) is 66.1 Å². The van der Waals surface area contributed by atoms with Gasteiger partial charge in [-0.3, -0.25) is 0 Å². The summed E-state index contributed by atoms with van der Waals surface area (Å²) in [7, 11) is 0. The second-order valence-corrected chi connectivity index (χ2v) is 14.1. The van der Waals surface area contributed by atoms with Crippen LogP contribution in [-0.4, -0.2) is 15.0 Å². The van der Waals surface area contributed by atoms with Gasteiger partial charge in [-0.05, 0) is 41.4 Å². The third kappa shape index (κ3) is 6.83. The van der Waals surface area contributed by atoms with Gasteiger partial charge in [0.1, 0.15) is 11.1 Å². The number of fused-ring (bicyclic) bond motifs is 5. The van der Waals surface area contributed by atoms with E-state index in [1.165, 1.54) is 5.56 Å². The van der Waals surface area contributed by atoms with Crippen molar-refractivity contribution < 1.29 is 24.5 Å². The van der Waals surface area contributed by atoms with E-state index in [2.05, 4.69) is 94.0 Å². The number of thiazole rings is 1. The predicted octanol–water partition coefficient (Wildman–Crippen LogP) is 10.5. The minimum absolute atomic E-state index is 0. The maximum absolute atomic E-state index is 6.49. The molecule has 0 fully saturated rings. The van der Waals surface area contributed by atoms with Crippen LogP contribution in [0.4, 0.5) is 0 Å². The fraction of sp³-hybridized carbons (Fsp3) is 0.237. The summed E-state index contributed by atoms with van der Waals surface area (Å²) in [6.07, 6.45) is 4.67. The van der Waals surface area contributed by atoms with Crippen molar-refractivity contribution in [1.82, 2.24) is 15.0 Å². The van der Waals surface area contributed by atoms with Crippen molar-refractivity contribution in [3.63, 3.8) is 0 Å². The minimum atomic E-state index is 0. The van der Waals surface area contributed by atoms with Crippen LogP contribution in [0.25, 0.3) is 54.7 Å². The molecule has 225 valence electrons. The van der Waals surface area contributed by atoms with Crippen LogP contribution >= 0.6 is 11.3 Å². The van der Waals surface area contributed by atoms with Crippen LogP contribution in [0.15, 0.2) is 95.7 Å². The molecule has 0 aliphatic rings. The van der Waals surface area contributed by atoms with E-state index in [9.17, 15) is 0 Å². The van der Waals surface area contributed by atoms with Crippen molar-refractivity contribution in [2.75, 3.05) is 0 Å². The Morgan fingerprint density at radius 2 is 1.52 bits per heavy atom.